The highest BCUT2D eigenvalue weighted by Crippen LogP contribution is 2.29. The number of hydrogen-bond acceptors (Lipinski definition) is 3. The fourth-order valence-corrected chi connectivity index (χ4v) is 1.68. The first-order chi connectivity index (χ1) is 8.99. The van der Waals surface area contributed by atoms with Crippen molar-refractivity contribution >= 4 is 0 Å². The van der Waals surface area contributed by atoms with Crippen LogP contribution in [-0.4, -0.2) is 11.5 Å². The van der Waals surface area contributed by atoms with Crippen LogP contribution in [0.4, 0.5) is 13.2 Å². The smallest absolute Gasteiger partial charge is 0.416 e. The van der Waals surface area contributed by atoms with Crippen molar-refractivity contribution in [1.29, 1.82) is 0 Å². The quantitative estimate of drug-likeness (QED) is 0.929. The van der Waals surface area contributed by atoms with Crippen molar-refractivity contribution in [3.05, 3.63) is 53.2 Å². The summed E-state index contributed by atoms with van der Waals surface area (Å²) < 4.78 is 42.4. The third kappa shape index (κ3) is 3.57. The Morgan fingerprint density at radius 3 is 2.42 bits per heavy atom. The number of nitrogens with zero attached hydrogens (tertiary/aromatic N) is 1. The average molecular weight is 270 g/mol. The van der Waals surface area contributed by atoms with Gasteiger partial charge in [0.15, 0.2) is 5.89 Å². The van der Waals surface area contributed by atoms with E-state index in [9.17, 15) is 13.2 Å². The molecule has 0 radical (unpaired) electrons. The van der Waals surface area contributed by atoms with Gasteiger partial charge in [0.1, 0.15) is 6.26 Å². The SMILES string of the molecule is NCCc1coc(Cc2ccc(C(F)(F)F)cc2)n1. The van der Waals surface area contributed by atoms with Crippen LogP contribution in [0.1, 0.15) is 22.7 Å². The number of rotatable bonds is 4. The van der Waals surface area contributed by atoms with Gasteiger partial charge in [0.05, 0.1) is 11.3 Å². The van der Waals surface area contributed by atoms with Crippen molar-refractivity contribution in [2.24, 2.45) is 5.73 Å². The minimum Gasteiger partial charge on any atom is -0.448 e. The Kier molecular flexibility index (Phi) is 3.90. The number of alkyl halides is 3. The van der Waals surface area contributed by atoms with Crippen molar-refractivity contribution in [1.82, 2.24) is 4.98 Å². The summed E-state index contributed by atoms with van der Waals surface area (Å²) in [6.07, 6.45) is -1.80. The normalized spacial score (nSPS) is 11.8. The van der Waals surface area contributed by atoms with Gasteiger partial charge in [0.25, 0.3) is 0 Å². The van der Waals surface area contributed by atoms with E-state index >= 15 is 0 Å². The van der Waals surface area contributed by atoms with Crippen molar-refractivity contribution in [3.63, 3.8) is 0 Å². The summed E-state index contributed by atoms with van der Waals surface area (Å²) in [7, 11) is 0. The number of nitrogens with two attached hydrogens (primary N) is 1. The second-order valence-electron chi connectivity index (χ2n) is 4.14. The predicted octanol–water partition coefficient (Wildman–Crippen LogP) is 2.79. The van der Waals surface area contributed by atoms with Crippen LogP contribution in [-0.2, 0) is 19.0 Å². The maximum atomic E-state index is 12.4. The van der Waals surface area contributed by atoms with Crippen LogP contribution in [0.2, 0.25) is 0 Å². The molecule has 1 aromatic heterocycles. The number of aromatic nitrogens is 1. The molecule has 2 N–H and O–H groups in total. The van der Waals surface area contributed by atoms with E-state index in [1.165, 1.54) is 18.4 Å². The summed E-state index contributed by atoms with van der Waals surface area (Å²) >= 11 is 0. The Balaban J connectivity index is 2.06. The molecule has 0 unspecified atom stereocenters. The first-order valence-electron chi connectivity index (χ1n) is 5.78. The summed E-state index contributed by atoms with van der Waals surface area (Å²) in [6, 6.07) is 4.96. The fraction of sp³-hybridized carbons (Fsp3) is 0.308. The largest absolute Gasteiger partial charge is 0.448 e. The standard InChI is InChI=1S/C13H13F3N2O/c14-13(15,16)10-3-1-9(2-4-10)7-12-18-11(5-6-17)8-19-12/h1-4,8H,5-7,17H2. The lowest BCUT2D eigenvalue weighted by Gasteiger charge is -2.06. The molecule has 0 aliphatic rings. The Morgan fingerprint density at radius 2 is 1.84 bits per heavy atom. The number of hydrogen-bond donors (Lipinski definition) is 1. The molecule has 2 aromatic rings. The number of halogens is 3. The second kappa shape index (κ2) is 5.44. The minimum atomic E-state index is -4.31. The van der Waals surface area contributed by atoms with Crippen molar-refractivity contribution < 1.29 is 17.6 Å². The van der Waals surface area contributed by atoms with Gasteiger partial charge in [0.2, 0.25) is 0 Å². The highest BCUT2D eigenvalue weighted by atomic mass is 19.4. The molecule has 0 atom stereocenters. The molecule has 0 aliphatic heterocycles. The first-order valence-corrected chi connectivity index (χ1v) is 5.78. The number of oxazole rings is 1. The monoisotopic (exact) mass is 270 g/mol. The van der Waals surface area contributed by atoms with Crippen LogP contribution in [0.3, 0.4) is 0 Å². The van der Waals surface area contributed by atoms with Gasteiger partial charge in [-0.2, -0.15) is 13.2 Å². The third-order valence-corrected chi connectivity index (χ3v) is 2.64. The summed E-state index contributed by atoms with van der Waals surface area (Å²) in [4.78, 5) is 4.20. The average Bonchev–Trinajstić information content (AvgIpc) is 2.77. The van der Waals surface area contributed by atoms with Crippen molar-refractivity contribution in [3.8, 4) is 0 Å². The Labute approximate surface area is 108 Å². The molecule has 102 valence electrons. The van der Waals surface area contributed by atoms with Crippen LogP contribution in [0.15, 0.2) is 34.9 Å². The van der Waals surface area contributed by atoms with Gasteiger partial charge in [-0.05, 0) is 24.2 Å². The molecular weight excluding hydrogens is 257 g/mol. The lowest BCUT2D eigenvalue weighted by atomic mass is 10.1. The molecule has 0 saturated carbocycles. The zero-order chi connectivity index (χ0) is 13.9. The second-order valence-corrected chi connectivity index (χ2v) is 4.14. The molecule has 3 nitrogen and oxygen atoms in total. The lowest BCUT2D eigenvalue weighted by Crippen LogP contribution is -2.04. The Hall–Kier alpha value is -1.82. The van der Waals surface area contributed by atoms with Gasteiger partial charge in [-0.1, -0.05) is 12.1 Å². The van der Waals surface area contributed by atoms with Crippen LogP contribution in [0, 0.1) is 0 Å². The van der Waals surface area contributed by atoms with E-state index in [0.717, 1.165) is 17.8 Å². The van der Waals surface area contributed by atoms with Crippen LogP contribution in [0.5, 0.6) is 0 Å². The summed E-state index contributed by atoms with van der Waals surface area (Å²) in [5.74, 6) is 0.475. The zero-order valence-corrected chi connectivity index (χ0v) is 10.1. The van der Waals surface area contributed by atoms with Crippen LogP contribution in [0.25, 0.3) is 0 Å². The molecule has 6 heteroatoms. The van der Waals surface area contributed by atoms with Crippen molar-refractivity contribution in [2.75, 3.05) is 6.54 Å². The molecule has 0 saturated heterocycles. The summed E-state index contributed by atoms with van der Waals surface area (Å²) in [6.45, 7) is 0.478. The van der Waals surface area contributed by atoms with Gasteiger partial charge >= 0.3 is 6.18 Å². The van der Waals surface area contributed by atoms with Crippen LogP contribution < -0.4 is 5.73 Å². The van der Waals surface area contributed by atoms with Crippen LogP contribution >= 0.6 is 0 Å². The van der Waals surface area contributed by atoms with E-state index < -0.39 is 11.7 Å². The van der Waals surface area contributed by atoms with Gasteiger partial charge in [-0.25, -0.2) is 4.98 Å². The van der Waals surface area contributed by atoms with Gasteiger partial charge in [-0.15, -0.1) is 0 Å². The molecule has 0 amide bonds. The molecule has 2 rings (SSSR count). The molecule has 19 heavy (non-hydrogen) atoms. The highest BCUT2D eigenvalue weighted by Gasteiger charge is 2.29. The Bertz CT molecular complexity index is 532. The summed E-state index contributed by atoms with van der Waals surface area (Å²) in [5, 5.41) is 0. The lowest BCUT2D eigenvalue weighted by molar-refractivity contribution is -0.137. The van der Waals surface area contributed by atoms with E-state index in [2.05, 4.69) is 4.98 Å². The molecule has 0 aliphatic carbocycles. The predicted molar refractivity (Wildman–Crippen MR) is 63.5 cm³/mol. The third-order valence-electron chi connectivity index (χ3n) is 2.64. The Morgan fingerprint density at radius 1 is 1.16 bits per heavy atom. The van der Waals surface area contributed by atoms with Gasteiger partial charge < -0.3 is 10.2 Å². The molecular formula is C13H13F3N2O. The molecule has 0 fully saturated rings. The fourth-order valence-electron chi connectivity index (χ4n) is 1.68. The van der Waals surface area contributed by atoms with E-state index in [1.54, 1.807) is 0 Å². The van der Waals surface area contributed by atoms with E-state index in [1.807, 2.05) is 0 Å². The van der Waals surface area contributed by atoms with E-state index in [0.29, 0.717) is 30.8 Å². The number of benzene rings is 1. The van der Waals surface area contributed by atoms with Gasteiger partial charge in [-0.3, -0.25) is 0 Å². The highest BCUT2D eigenvalue weighted by molar-refractivity contribution is 5.26. The summed E-state index contributed by atoms with van der Waals surface area (Å²) in [5.41, 5.74) is 6.20. The van der Waals surface area contributed by atoms with E-state index in [-0.39, 0.29) is 0 Å². The molecule has 1 heterocycles. The molecule has 1 aromatic carbocycles. The molecule has 0 spiro atoms. The first kappa shape index (κ1) is 13.6. The maximum absolute atomic E-state index is 12.4. The molecule has 0 bridgehead atoms. The topological polar surface area (TPSA) is 52.0 Å². The van der Waals surface area contributed by atoms with Crippen molar-refractivity contribution in [2.45, 2.75) is 19.0 Å². The maximum Gasteiger partial charge on any atom is 0.416 e. The minimum absolute atomic E-state index is 0.364. The zero-order valence-electron chi connectivity index (χ0n) is 10.1. The van der Waals surface area contributed by atoms with Gasteiger partial charge in [0, 0.05) is 12.8 Å². The van der Waals surface area contributed by atoms with E-state index in [4.69, 9.17) is 10.2 Å².